The van der Waals surface area contributed by atoms with Crippen molar-refractivity contribution in [3.63, 3.8) is 0 Å². The predicted molar refractivity (Wildman–Crippen MR) is 124 cm³/mol. The molecule has 2 aromatic carbocycles. The maximum absolute atomic E-state index is 14.7. The van der Waals surface area contributed by atoms with Crippen LogP contribution in [0.1, 0.15) is 34.3 Å². The Morgan fingerprint density at radius 3 is 2.71 bits per heavy atom. The Kier molecular flexibility index (Phi) is 5.77. The minimum atomic E-state index is -3.11. The van der Waals surface area contributed by atoms with E-state index >= 15 is 0 Å². The molecule has 8 heteroatoms. The molecule has 6 nitrogen and oxygen atoms in total. The summed E-state index contributed by atoms with van der Waals surface area (Å²) in [5.74, 6) is -3.40. The summed E-state index contributed by atoms with van der Waals surface area (Å²) in [6, 6.07) is 10.1. The first-order valence-corrected chi connectivity index (χ1v) is 11.4. The standard InChI is InChI=1S/C26H25F2N3O3/c27-26(28)22-4-2-1-3-20(22)21-12-17(5-6-23(21)26)25(34)30-13-24(33)31-14-18(11-19(31)15-32)16-7-9-29-10-8-16/h1-7,9-10,12,16,18-19,32H,8,11,13-15H2,(H,30,34)/t16?,18-,19?/m0/s1. The van der Waals surface area contributed by atoms with Gasteiger partial charge in [-0.3, -0.25) is 14.6 Å². The van der Waals surface area contributed by atoms with Crippen LogP contribution < -0.4 is 5.32 Å². The molecule has 0 bridgehead atoms. The molecular weight excluding hydrogens is 440 g/mol. The zero-order valence-corrected chi connectivity index (χ0v) is 18.5. The Labute approximate surface area is 196 Å². The number of aliphatic hydroxyl groups excluding tert-OH is 1. The summed E-state index contributed by atoms with van der Waals surface area (Å²) in [4.78, 5) is 31.3. The highest BCUT2D eigenvalue weighted by Gasteiger charge is 2.44. The van der Waals surface area contributed by atoms with Gasteiger partial charge >= 0.3 is 0 Å². The molecule has 0 spiro atoms. The van der Waals surface area contributed by atoms with Gasteiger partial charge in [0.25, 0.3) is 11.8 Å². The Hall–Kier alpha value is -3.39. The number of nitrogens with one attached hydrogen (secondary N) is 1. The van der Waals surface area contributed by atoms with Crippen molar-refractivity contribution in [3.05, 3.63) is 71.4 Å². The smallest absolute Gasteiger partial charge is 0.299 e. The van der Waals surface area contributed by atoms with Crippen LogP contribution in [0, 0.1) is 11.8 Å². The van der Waals surface area contributed by atoms with Crippen LogP contribution >= 0.6 is 0 Å². The lowest BCUT2D eigenvalue weighted by molar-refractivity contribution is -0.131. The third-order valence-corrected chi connectivity index (χ3v) is 7.06. The second kappa shape index (κ2) is 8.76. The van der Waals surface area contributed by atoms with Crippen LogP contribution in [0.5, 0.6) is 0 Å². The molecule has 2 aromatic rings. The van der Waals surface area contributed by atoms with E-state index < -0.39 is 11.8 Å². The van der Waals surface area contributed by atoms with Crippen LogP contribution in [0.2, 0.25) is 0 Å². The van der Waals surface area contributed by atoms with Crippen LogP contribution in [-0.2, 0) is 10.7 Å². The molecule has 1 fully saturated rings. The van der Waals surface area contributed by atoms with Crippen molar-refractivity contribution in [3.8, 4) is 11.1 Å². The van der Waals surface area contributed by atoms with Gasteiger partial charge in [0, 0.05) is 35.6 Å². The molecule has 2 heterocycles. The van der Waals surface area contributed by atoms with Crippen LogP contribution in [0.4, 0.5) is 8.78 Å². The van der Waals surface area contributed by atoms with Gasteiger partial charge in [0.05, 0.1) is 19.2 Å². The molecule has 3 aliphatic rings. The third kappa shape index (κ3) is 3.81. The molecule has 0 aromatic heterocycles. The zero-order valence-electron chi connectivity index (χ0n) is 18.5. The fourth-order valence-corrected chi connectivity index (χ4v) is 5.25. The van der Waals surface area contributed by atoms with Crippen LogP contribution in [0.25, 0.3) is 11.1 Å². The number of halogens is 2. The number of hydrogen-bond donors (Lipinski definition) is 2. The molecule has 2 N–H and O–H groups in total. The van der Waals surface area contributed by atoms with E-state index in [1.165, 1.54) is 24.3 Å². The number of hydrogen-bond acceptors (Lipinski definition) is 4. The lowest BCUT2D eigenvalue weighted by Gasteiger charge is -2.24. The van der Waals surface area contributed by atoms with Gasteiger partial charge in [-0.1, -0.05) is 36.4 Å². The number of carbonyl (C=O) groups excluding carboxylic acids is 2. The quantitative estimate of drug-likeness (QED) is 0.711. The molecule has 0 radical (unpaired) electrons. The number of amides is 2. The fourth-order valence-electron chi connectivity index (χ4n) is 5.25. The number of benzene rings is 2. The number of fused-ring (bicyclic) bond motifs is 3. The Balaban J connectivity index is 1.26. The van der Waals surface area contributed by atoms with E-state index in [0.717, 1.165) is 6.42 Å². The normalized spacial score (nSPS) is 24.1. The highest BCUT2D eigenvalue weighted by atomic mass is 19.3. The maximum atomic E-state index is 14.7. The Bertz CT molecular complexity index is 1190. The number of carbonyl (C=O) groups is 2. The van der Waals surface area contributed by atoms with Gasteiger partial charge in [0.15, 0.2) is 0 Å². The van der Waals surface area contributed by atoms with Crippen LogP contribution in [0.15, 0.2) is 59.7 Å². The second-order valence-electron chi connectivity index (χ2n) is 9.01. The monoisotopic (exact) mass is 465 g/mol. The fraction of sp³-hybridized carbons (Fsp3) is 0.346. The third-order valence-electron chi connectivity index (χ3n) is 7.06. The van der Waals surface area contributed by atoms with Gasteiger partial charge in [-0.25, -0.2) is 0 Å². The van der Waals surface area contributed by atoms with Gasteiger partial charge in [-0.15, -0.1) is 0 Å². The summed E-state index contributed by atoms with van der Waals surface area (Å²) in [7, 11) is 0. The Morgan fingerprint density at radius 2 is 1.94 bits per heavy atom. The van der Waals surface area contributed by atoms with Gasteiger partial charge in [-0.2, -0.15) is 8.78 Å². The summed E-state index contributed by atoms with van der Waals surface area (Å²) < 4.78 is 29.5. The van der Waals surface area contributed by atoms with Crippen molar-refractivity contribution in [1.29, 1.82) is 0 Å². The number of allylic oxidation sites excluding steroid dienone is 1. The first-order chi connectivity index (χ1) is 16.4. The largest absolute Gasteiger partial charge is 0.394 e. The molecule has 34 heavy (non-hydrogen) atoms. The molecule has 2 aliphatic heterocycles. The van der Waals surface area contributed by atoms with Crippen molar-refractivity contribution in [2.45, 2.75) is 24.8 Å². The maximum Gasteiger partial charge on any atom is 0.299 e. The molecule has 5 rings (SSSR count). The van der Waals surface area contributed by atoms with E-state index in [2.05, 4.69) is 10.3 Å². The number of aliphatic hydroxyl groups is 1. The molecule has 176 valence electrons. The van der Waals surface area contributed by atoms with Gasteiger partial charge in [0.1, 0.15) is 0 Å². The van der Waals surface area contributed by atoms with Gasteiger partial charge in [0.2, 0.25) is 5.91 Å². The van der Waals surface area contributed by atoms with Gasteiger partial charge in [-0.05, 0) is 47.9 Å². The molecule has 0 saturated carbocycles. The van der Waals surface area contributed by atoms with E-state index in [9.17, 15) is 23.5 Å². The Morgan fingerprint density at radius 1 is 1.15 bits per heavy atom. The molecule has 2 unspecified atom stereocenters. The minimum Gasteiger partial charge on any atom is -0.394 e. The van der Waals surface area contributed by atoms with Crippen LogP contribution in [-0.4, -0.2) is 53.8 Å². The van der Waals surface area contributed by atoms with Crippen LogP contribution in [0.3, 0.4) is 0 Å². The summed E-state index contributed by atoms with van der Waals surface area (Å²) >= 11 is 0. The zero-order chi connectivity index (χ0) is 23.9. The average molecular weight is 466 g/mol. The molecule has 1 aliphatic carbocycles. The lowest BCUT2D eigenvalue weighted by Crippen LogP contribution is -2.44. The predicted octanol–water partition coefficient (Wildman–Crippen LogP) is 3.35. The summed E-state index contributed by atoms with van der Waals surface area (Å²) in [5, 5.41) is 12.4. The van der Waals surface area contributed by atoms with E-state index in [-0.39, 0.29) is 53.6 Å². The number of rotatable bonds is 5. The summed E-state index contributed by atoms with van der Waals surface area (Å²) in [6.45, 7) is 0.139. The first kappa shape index (κ1) is 22.4. The van der Waals surface area contributed by atoms with Gasteiger partial charge < -0.3 is 15.3 Å². The molecule has 3 atom stereocenters. The van der Waals surface area contributed by atoms with Crippen molar-refractivity contribution < 1.29 is 23.5 Å². The SMILES string of the molecule is O=C(NCC(=O)N1C[C@@H](C2C=CN=CC2)CC1CO)c1ccc2c(c1)-c1ccccc1C2(F)F. The van der Waals surface area contributed by atoms with E-state index in [0.29, 0.717) is 24.1 Å². The average Bonchev–Trinajstić information content (AvgIpc) is 3.40. The molecule has 2 amide bonds. The van der Waals surface area contributed by atoms with Crippen molar-refractivity contribution in [2.75, 3.05) is 19.7 Å². The second-order valence-corrected chi connectivity index (χ2v) is 9.01. The van der Waals surface area contributed by atoms with E-state index in [1.54, 1.807) is 29.3 Å². The number of nitrogens with zero attached hydrogens (tertiary/aromatic N) is 2. The number of aliphatic imine (C=N–C) groups is 1. The minimum absolute atomic E-state index is 0.0737. The van der Waals surface area contributed by atoms with E-state index in [4.69, 9.17) is 0 Å². The molecular formula is C26H25F2N3O3. The van der Waals surface area contributed by atoms with Crippen molar-refractivity contribution in [2.24, 2.45) is 16.8 Å². The van der Waals surface area contributed by atoms with E-state index in [1.807, 2.05) is 12.3 Å². The lowest BCUT2D eigenvalue weighted by atomic mass is 9.87. The summed E-state index contributed by atoms with van der Waals surface area (Å²) in [5.41, 5.74) is 0.742. The first-order valence-electron chi connectivity index (χ1n) is 11.4. The van der Waals surface area contributed by atoms with Crippen molar-refractivity contribution in [1.82, 2.24) is 10.2 Å². The molecule has 1 saturated heterocycles. The number of likely N-dealkylation sites (tertiary alicyclic amines) is 1. The highest BCUT2D eigenvalue weighted by molar-refractivity contribution is 5.98. The summed E-state index contributed by atoms with van der Waals surface area (Å²) in [6.07, 6.45) is 7.15. The highest BCUT2D eigenvalue weighted by Crippen LogP contribution is 2.50. The number of alkyl halides is 2. The topological polar surface area (TPSA) is 82.0 Å². The van der Waals surface area contributed by atoms with Crippen molar-refractivity contribution >= 4 is 18.0 Å².